The van der Waals surface area contributed by atoms with Crippen LogP contribution in [0.25, 0.3) is 0 Å². The molecule has 0 aromatic carbocycles. The highest BCUT2D eigenvalue weighted by atomic mass is 14.1. The molecule has 0 spiro atoms. The van der Waals surface area contributed by atoms with Gasteiger partial charge in [-0.2, -0.15) is 0 Å². The van der Waals surface area contributed by atoms with Crippen LogP contribution < -0.4 is 0 Å². The number of hydrogen-bond donors (Lipinski definition) is 0. The molecule has 0 aliphatic carbocycles. The van der Waals surface area contributed by atoms with E-state index in [1.165, 1.54) is 167 Å². The van der Waals surface area contributed by atoms with Crippen LogP contribution >= 0.6 is 0 Å². The second-order valence-electron chi connectivity index (χ2n) is 10.5. The van der Waals surface area contributed by atoms with E-state index in [1.807, 2.05) is 0 Å². The van der Waals surface area contributed by atoms with Crippen LogP contribution in [0.5, 0.6) is 0 Å². The topological polar surface area (TPSA) is 0 Å². The molecule has 1 unspecified atom stereocenters. The fourth-order valence-corrected chi connectivity index (χ4v) is 4.98. The summed E-state index contributed by atoms with van der Waals surface area (Å²) in [5.41, 5.74) is 0. The van der Waals surface area contributed by atoms with Crippen molar-refractivity contribution in [3.8, 4) is 0 Å². The largest absolute Gasteiger partial charge is 0.0654 e. The van der Waals surface area contributed by atoms with Crippen molar-refractivity contribution < 1.29 is 0 Å². The van der Waals surface area contributed by atoms with Crippen LogP contribution in [-0.2, 0) is 0 Å². The molecule has 0 aliphatic heterocycles. The summed E-state index contributed by atoms with van der Waals surface area (Å²) < 4.78 is 0. The molecule has 1 radical (unpaired) electrons. The maximum Gasteiger partial charge on any atom is -0.0414 e. The molecule has 1 atom stereocenters. The molecular formula is C31H63. The summed E-state index contributed by atoms with van der Waals surface area (Å²) in [6.45, 7) is 8.84. The Hall–Kier alpha value is 0. The Balaban J connectivity index is 3.25. The second-order valence-corrected chi connectivity index (χ2v) is 10.5. The molecule has 0 aliphatic rings. The van der Waals surface area contributed by atoms with Crippen molar-refractivity contribution in [3.05, 3.63) is 6.92 Å². The molecule has 0 saturated carbocycles. The first-order valence-corrected chi connectivity index (χ1v) is 15.1. The number of hydrogen-bond acceptors (Lipinski definition) is 0. The Kier molecular flexibility index (Phi) is 28.0. The van der Waals surface area contributed by atoms with Gasteiger partial charge in [0.05, 0.1) is 0 Å². The lowest BCUT2D eigenvalue weighted by Gasteiger charge is -2.14. The summed E-state index contributed by atoms with van der Waals surface area (Å²) in [6.07, 6.45) is 39.1. The van der Waals surface area contributed by atoms with Gasteiger partial charge in [0, 0.05) is 0 Å². The second kappa shape index (κ2) is 28.0. The van der Waals surface area contributed by atoms with Gasteiger partial charge in [-0.25, -0.2) is 0 Å². The average molecular weight is 436 g/mol. The lowest BCUT2D eigenvalue weighted by molar-refractivity contribution is 0.404. The zero-order chi connectivity index (χ0) is 22.7. The van der Waals surface area contributed by atoms with Gasteiger partial charge < -0.3 is 0 Å². The van der Waals surface area contributed by atoms with Crippen LogP contribution in [0.15, 0.2) is 0 Å². The van der Waals surface area contributed by atoms with Crippen LogP contribution in [-0.4, -0.2) is 0 Å². The van der Waals surface area contributed by atoms with Crippen molar-refractivity contribution in [1.82, 2.24) is 0 Å². The first-order chi connectivity index (χ1) is 15.3. The summed E-state index contributed by atoms with van der Waals surface area (Å²) in [7, 11) is 0. The molecule has 0 amide bonds. The van der Waals surface area contributed by atoms with Crippen LogP contribution in [0.3, 0.4) is 0 Å². The van der Waals surface area contributed by atoms with Gasteiger partial charge in [-0.05, 0) is 5.92 Å². The highest BCUT2D eigenvalue weighted by molar-refractivity contribution is 4.62. The first kappa shape index (κ1) is 31.0. The van der Waals surface area contributed by atoms with Gasteiger partial charge in [-0.1, -0.05) is 194 Å². The molecule has 0 saturated heterocycles. The lowest BCUT2D eigenvalue weighted by Crippen LogP contribution is -1.99. The van der Waals surface area contributed by atoms with Crippen molar-refractivity contribution in [1.29, 1.82) is 0 Å². The molecule has 0 aromatic rings. The molecular weight excluding hydrogens is 372 g/mol. The Bertz CT molecular complexity index is 294. The predicted octanol–water partition coefficient (Wildman–Crippen LogP) is 12.0. The van der Waals surface area contributed by atoms with Gasteiger partial charge in [0.2, 0.25) is 0 Å². The lowest BCUT2D eigenvalue weighted by atomic mass is 9.92. The molecule has 0 heterocycles. The third kappa shape index (κ3) is 26.1. The third-order valence-corrected chi connectivity index (χ3v) is 7.34. The smallest absolute Gasteiger partial charge is 0.0414 e. The third-order valence-electron chi connectivity index (χ3n) is 7.34. The SMILES string of the molecule is [CH2]CC(CCCCCCCCCCC)CCCCCCCCCCCCCCCCC. The standard InChI is InChI=1S/C31H63/c1-4-7-9-11-13-15-16-17-18-19-20-22-24-26-28-30-31(6-3)29-27-25-23-21-14-12-10-8-5-2/h31H,3-30H2,1-2H3. The number of unbranched alkanes of at least 4 members (excludes halogenated alkanes) is 22. The van der Waals surface area contributed by atoms with Crippen molar-refractivity contribution in [2.24, 2.45) is 5.92 Å². The predicted molar refractivity (Wildman–Crippen MR) is 145 cm³/mol. The minimum atomic E-state index is 0.909. The van der Waals surface area contributed by atoms with Gasteiger partial charge in [0.1, 0.15) is 0 Å². The van der Waals surface area contributed by atoms with E-state index in [0.29, 0.717) is 0 Å². The quantitative estimate of drug-likeness (QED) is 0.112. The van der Waals surface area contributed by atoms with E-state index in [0.717, 1.165) is 12.3 Å². The van der Waals surface area contributed by atoms with Crippen LogP contribution in [0, 0.1) is 12.8 Å². The molecule has 0 heteroatoms. The summed E-state index contributed by atoms with van der Waals surface area (Å²) in [4.78, 5) is 0. The minimum absolute atomic E-state index is 0.909. The average Bonchev–Trinajstić information content (AvgIpc) is 2.79. The normalized spacial score (nSPS) is 12.5. The van der Waals surface area contributed by atoms with E-state index in [4.69, 9.17) is 0 Å². The molecule has 0 fully saturated rings. The fourth-order valence-electron chi connectivity index (χ4n) is 4.98. The van der Waals surface area contributed by atoms with Crippen LogP contribution in [0.4, 0.5) is 0 Å². The van der Waals surface area contributed by atoms with Crippen molar-refractivity contribution in [2.75, 3.05) is 0 Å². The Morgan fingerprint density at radius 2 is 0.581 bits per heavy atom. The minimum Gasteiger partial charge on any atom is -0.0654 e. The Morgan fingerprint density at radius 3 is 0.806 bits per heavy atom. The maximum atomic E-state index is 4.23. The summed E-state index contributed by atoms with van der Waals surface area (Å²) in [5, 5.41) is 0. The Labute approximate surface area is 200 Å². The molecule has 187 valence electrons. The zero-order valence-corrected chi connectivity index (χ0v) is 22.4. The van der Waals surface area contributed by atoms with Crippen LogP contribution in [0.2, 0.25) is 0 Å². The molecule has 0 rings (SSSR count). The molecule has 0 bridgehead atoms. The van der Waals surface area contributed by atoms with Crippen molar-refractivity contribution >= 4 is 0 Å². The van der Waals surface area contributed by atoms with Gasteiger partial charge in [-0.15, -0.1) is 0 Å². The van der Waals surface area contributed by atoms with Crippen LogP contribution in [0.1, 0.15) is 187 Å². The fraction of sp³-hybridized carbons (Fsp3) is 0.968. The van der Waals surface area contributed by atoms with Crippen molar-refractivity contribution in [3.63, 3.8) is 0 Å². The van der Waals surface area contributed by atoms with E-state index >= 15 is 0 Å². The molecule has 0 aromatic heterocycles. The first-order valence-electron chi connectivity index (χ1n) is 15.1. The molecule has 31 heavy (non-hydrogen) atoms. The van der Waals surface area contributed by atoms with Gasteiger partial charge in [0.15, 0.2) is 0 Å². The van der Waals surface area contributed by atoms with E-state index in [9.17, 15) is 0 Å². The maximum absolute atomic E-state index is 4.23. The zero-order valence-electron chi connectivity index (χ0n) is 22.4. The molecule has 0 N–H and O–H groups in total. The van der Waals surface area contributed by atoms with E-state index in [-0.39, 0.29) is 0 Å². The number of rotatable bonds is 27. The summed E-state index contributed by atoms with van der Waals surface area (Å²) in [5.74, 6) is 0.909. The monoisotopic (exact) mass is 435 g/mol. The summed E-state index contributed by atoms with van der Waals surface area (Å²) >= 11 is 0. The molecule has 0 nitrogen and oxygen atoms in total. The highest BCUT2D eigenvalue weighted by Crippen LogP contribution is 2.22. The van der Waals surface area contributed by atoms with Gasteiger partial charge >= 0.3 is 0 Å². The van der Waals surface area contributed by atoms with E-state index < -0.39 is 0 Å². The highest BCUT2D eigenvalue weighted by Gasteiger charge is 2.06. The van der Waals surface area contributed by atoms with Crippen molar-refractivity contribution in [2.45, 2.75) is 187 Å². The summed E-state index contributed by atoms with van der Waals surface area (Å²) in [6, 6.07) is 0. The van der Waals surface area contributed by atoms with Gasteiger partial charge in [-0.3, -0.25) is 0 Å². The van der Waals surface area contributed by atoms with E-state index in [2.05, 4.69) is 20.8 Å². The van der Waals surface area contributed by atoms with E-state index in [1.54, 1.807) is 0 Å². The van der Waals surface area contributed by atoms with Gasteiger partial charge in [0.25, 0.3) is 0 Å². The Morgan fingerprint density at radius 1 is 0.355 bits per heavy atom.